The maximum absolute atomic E-state index is 13.7. The average Bonchev–Trinajstić information content (AvgIpc) is 3.12. The van der Waals surface area contributed by atoms with Gasteiger partial charge in [0.1, 0.15) is 21.8 Å². The molecule has 10 nitrogen and oxygen atoms in total. The van der Waals surface area contributed by atoms with Crippen LogP contribution in [0.15, 0.2) is 34.1 Å². The van der Waals surface area contributed by atoms with Crippen LogP contribution in [0.5, 0.6) is 0 Å². The quantitative estimate of drug-likeness (QED) is 0.304. The zero-order chi connectivity index (χ0) is 26.7. The number of ether oxygens (including phenoxy) is 1. The molecule has 4 heterocycles. The summed E-state index contributed by atoms with van der Waals surface area (Å²) in [6.45, 7) is 7.15. The van der Waals surface area contributed by atoms with E-state index in [1.807, 2.05) is 0 Å². The largest absolute Gasteiger partial charge is 0.466 e. The Labute approximate surface area is 224 Å². The molecule has 2 aliphatic rings. The van der Waals surface area contributed by atoms with Crippen LogP contribution in [0.1, 0.15) is 39.2 Å². The Balaban J connectivity index is 1.81. The van der Waals surface area contributed by atoms with Gasteiger partial charge in [-0.25, -0.2) is 4.98 Å². The van der Waals surface area contributed by atoms with Gasteiger partial charge in [0.05, 0.1) is 23.5 Å². The van der Waals surface area contributed by atoms with Crippen molar-refractivity contribution in [1.29, 1.82) is 0 Å². The van der Waals surface area contributed by atoms with E-state index in [1.54, 1.807) is 41.1 Å². The monoisotopic (exact) mass is 543 g/mol. The maximum Gasteiger partial charge on any atom is 0.308 e. The van der Waals surface area contributed by atoms with E-state index in [-0.39, 0.29) is 36.2 Å². The fourth-order valence-corrected chi connectivity index (χ4v) is 5.49. The first-order valence-corrected chi connectivity index (χ1v) is 13.4. The fourth-order valence-electron chi connectivity index (χ4n) is 4.20. The molecule has 0 radical (unpaired) electrons. The first-order chi connectivity index (χ1) is 17.7. The molecule has 0 saturated carbocycles. The molecule has 2 fully saturated rings. The molecule has 0 spiro atoms. The number of fused-ring (bicyclic) bond motifs is 1. The molecule has 4 rings (SSSR count). The zero-order valence-electron chi connectivity index (χ0n) is 20.9. The number of aromatic nitrogens is 2. The van der Waals surface area contributed by atoms with E-state index in [0.29, 0.717) is 40.4 Å². The van der Waals surface area contributed by atoms with Crippen LogP contribution in [-0.4, -0.2) is 68.7 Å². The summed E-state index contributed by atoms with van der Waals surface area (Å²) < 4.78 is 6.90. The molecule has 0 bridgehead atoms. The number of carbonyl (C=O) groups is 3. The summed E-state index contributed by atoms with van der Waals surface area (Å²) in [5, 5.41) is 2.77. The predicted octanol–water partition coefficient (Wildman–Crippen LogP) is 2.20. The number of carbonyl (C=O) groups excluding carboxylic acids is 3. The number of esters is 1. The molecule has 2 aliphatic heterocycles. The molecule has 0 unspecified atom stereocenters. The number of pyridine rings is 1. The van der Waals surface area contributed by atoms with Gasteiger partial charge in [0.2, 0.25) is 5.91 Å². The average molecular weight is 544 g/mol. The summed E-state index contributed by atoms with van der Waals surface area (Å²) in [5.74, 6) is -0.525. The van der Waals surface area contributed by atoms with E-state index < -0.39 is 17.6 Å². The van der Waals surface area contributed by atoms with Gasteiger partial charge in [0, 0.05) is 25.8 Å². The van der Waals surface area contributed by atoms with E-state index in [1.165, 1.54) is 10.5 Å². The van der Waals surface area contributed by atoms with Gasteiger partial charge in [-0.2, -0.15) is 0 Å². The van der Waals surface area contributed by atoms with Gasteiger partial charge >= 0.3 is 5.97 Å². The lowest BCUT2D eigenvalue weighted by Crippen LogP contribution is -2.57. The molecule has 0 aromatic carbocycles. The second kappa shape index (κ2) is 11.4. The molecule has 2 aromatic heterocycles. The highest BCUT2D eigenvalue weighted by Crippen LogP contribution is 2.34. The number of piperazine rings is 1. The molecular weight excluding hydrogens is 514 g/mol. The number of nitrogens with zero attached hydrogens (tertiary/aromatic N) is 4. The van der Waals surface area contributed by atoms with Gasteiger partial charge in [0.15, 0.2) is 0 Å². The molecule has 0 aliphatic carbocycles. The summed E-state index contributed by atoms with van der Waals surface area (Å²) >= 11 is 6.59. The van der Waals surface area contributed by atoms with Crippen LogP contribution in [0.2, 0.25) is 0 Å². The number of hydrogen-bond donors (Lipinski definition) is 1. The van der Waals surface area contributed by atoms with Crippen molar-refractivity contribution in [1.82, 2.24) is 19.6 Å². The number of hydrogen-bond acceptors (Lipinski definition) is 9. The van der Waals surface area contributed by atoms with Gasteiger partial charge in [-0.15, -0.1) is 0 Å². The molecule has 1 N–H and O–H groups in total. The summed E-state index contributed by atoms with van der Waals surface area (Å²) in [7, 11) is 0. The highest BCUT2D eigenvalue weighted by Gasteiger charge is 2.36. The van der Waals surface area contributed by atoms with Crippen molar-refractivity contribution in [2.45, 2.75) is 39.7 Å². The lowest BCUT2D eigenvalue weighted by atomic mass is 10.1. The Bertz CT molecular complexity index is 1340. The van der Waals surface area contributed by atoms with Crippen LogP contribution < -0.4 is 15.8 Å². The summed E-state index contributed by atoms with van der Waals surface area (Å²) in [6.07, 6.45) is 3.70. The second-order valence-corrected chi connectivity index (χ2v) is 10.8. The number of nitrogens with one attached hydrogen (secondary N) is 1. The number of thiocarbonyl (C=S) groups is 1. The highest BCUT2D eigenvalue weighted by atomic mass is 32.2. The molecular formula is C25H29N5O5S2. The van der Waals surface area contributed by atoms with Crippen LogP contribution in [-0.2, 0) is 19.1 Å². The van der Waals surface area contributed by atoms with Crippen LogP contribution in [0.3, 0.4) is 0 Å². The Morgan fingerprint density at radius 3 is 2.84 bits per heavy atom. The van der Waals surface area contributed by atoms with Crippen molar-refractivity contribution in [3.05, 3.63) is 45.2 Å². The number of thioether (sulfide) groups is 1. The van der Waals surface area contributed by atoms with Crippen molar-refractivity contribution in [2.24, 2.45) is 5.92 Å². The van der Waals surface area contributed by atoms with Crippen molar-refractivity contribution >= 4 is 63.6 Å². The maximum atomic E-state index is 13.7. The topological polar surface area (TPSA) is 113 Å². The lowest BCUT2D eigenvalue weighted by Gasteiger charge is -2.36. The first-order valence-electron chi connectivity index (χ1n) is 12.2. The third-order valence-corrected chi connectivity index (χ3v) is 7.47. The minimum atomic E-state index is -0.918. The van der Waals surface area contributed by atoms with E-state index in [2.05, 4.69) is 19.2 Å². The highest BCUT2D eigenvalue weighted by molar-refractivity contribution is 8.26. The third-order valence-electron chi connectivity index (χ3n) is 6.10. The van der Waals surface area contributed by atoms with Gasteiger partial charge < -0.3 is 15.0 Å². The smallest absolute Gasteiger partial charge is 0.308 e. The lowest BCUT2D eigenvalue weighted by molar-refractivity contribution is -0.145. The number of amides is 2. The normalized spacial score (nSPS) is 19.3. The van der Waals surface area contributed by atoms with Crippen LogP contribution in [0.4, 0.5) is 5.82 Å². The number of anilines is 1. The van der Waals surface area contributed by atoms with Crippen LogP contribution >= 0.6 is 24.0 Å². The van der Waals surface area contributed by atoms with E-state index in [4.69, 9.17) is 21.9 Å². The van der Waals surface area contributed by atoms with Crippen LogP contribution in [0, 0.1) is 5.92 Å². The van der Waals surface area contributed by atoms with E-state index in [0.717, 1.165) is 18.2 Å². The van der Waals surface area contributed by atoms with Crippen molar-refractivity contribution in [3.8, 4) is 0 Å². The van der Waals surface area contributed by atoms with Crippen molar-refractivity contribution in [3.63, 3.8) is 0 Å². The molecule has 2 saturated heterocycles. The molecule has 2 amide bonds. The summed E-state index contributed by atoms with van der Waals surface area (Å²) in [4.78, 5) is 60.2. The van der Waals surface area contributed by atoms with Crippen molar-refractivity contribution in [2.75, 3.05) is 31.1 Å². The molecule has 37 heavy (non-hydrogen) atoms. The van der Waals surface area contributed by atoms with E-state index in [9.17, 15) is 19.2 Å². The van der Waals surface area contributed by atoms with Crippen molar-refractivity contribution < 1.29 is 19.1 Å². The summed E-state index contributed by atoms with van der Waals surface area (Å²) in [6, 6.07) is 4.23. The standard InChI is InChI=1S/C25H29N5O5S2/c1-4-35-20(31)14-17-22(32)26-9-12-28(17)21-16(23(33)29-10-6-5-7-19(29)27-21)13-18-24(34)30(25(36)37-18)11-8-15(2)3/h5-7,10,13,15,17H,4,8-9,11-12,14H2,1-3H3,(H,26,32)/b18-13-/t17-/m1/s1. The Morgan fingerprint density at radius 2 is 2.11 bits per heavy atom. The molecule has 2 aromatic rings. The van der Waals surface area contributed by atoms with Gasteiger partial charge in [0.25, 0.3) is 11.5 Å². The molecule has 12 heteroatoms. The van der Waals surface area contributed by atoms with E-state index >= 15 is 0 Å². The Hall–Kier alpha value is -3.25. The minimum Gasteiger partial charge on any atom is -0.466 e. The molecule has 196 valence electrons. The SMILES string of the molecule is CCOC(=O)C[C@@H]1C(=O)NCCN1c1nc2ccccn2c(=O)c1/C=C1\SC(=S)N(CCC(C)C)C1=O. The minimum absolute atomic E-state index is 0.150. The van der Waals surface area contributed by atoms with Gasteiger partial charge in [-0.1, -0.05) is 43.9 Å². The third kappa shape index (κ3) is 5.69. The molecule has 1 atom stereocenters. The summed E-state index contributed by atoms with van der Waals surface area (Å²) in [5.41, 5.74) is 0.135. The fraction of sp³-hybridized carbons (Fsp3) is 0.440. The Kier molecular flexibility index (Phi) is 8.28. The Morgan fingerprint density at radius 1 is 1.32 bits per heavy atom. The second-order valence-electron chi connectivity index (χ2n) is 9.11. The number of rotatable bonds is 8. The van der Waals surface area contributed by atoms with Gasteiger partial charge in [-0.3, -0.25) is 28.5 Å². The zero-order valence-corrected chi connectivity index (χ0v) is 22.6. The predicted molar refractivity (Wildman–Crippen MR) is 146 cm³/mol. The first kappa shape index (κ1) is 26.8. The van der Waals surface area contributed by atoms with Gasteiger partial charge in [-0.05, 0) is 37.5 Å². The van der Waals surface area contributed by atoms with Crippen LogP contribution in [0.25, 0.3) is 11.7 Å².